The van der Waals surface area contributed by atoms with Crippen LogP contribution < -0.4 is 4.74 Å². The fourth-order valence-corrected chi connectivity index (χ4v) is 3.81. The van der Waals surface area contributed by atoms with Gasteiger partial charge in [-0.3, -0.25) is 4.90 Å². The molecular formula is C28H38FN3O3. The lowest BCUT2D eigenvalue weighted by atomic mass is 10.1. The third kappa shape index (κ3) is 7.62. The Labute approximate surface area is 208 Å². The van der Waals surface area contributed by atoms with Crippen LogP contribution in [0.5, 0.6) is 11.6 Å². The molecule has 0 radical (unpaired) electrons. The Kier molecular flexibility index (Phi) is 9.83. The number of benzene rings is 2. The summed E-state index contributed by atoms with van der Waals surface area (Å²) in [5.74, 6) is 1.23. The zero-order chi connectivity index (χ0) is 25.4. The van der Waals surface area contributed by atoms with Crippen molar-refractivity contribution in [2.45, 2.75) is 59.7 Å². The van der Waals surface area contributed by atoms with E-state index in [1.165, 1.54) is 12.1 Å². The molecule has 0 unspecified atom stereocenters. The van der Waals surface area contributed by atoms with E-state index in [4.69, 9.17) is 14.6 Å². The highest BCUT2D eigenvalue weighted by Gasteiger charge is 2.25. The zero-order valence-electron chi connectivity index (χ0n) is 21.4. The Hall–Kier alpha value is -2.74. The minimum absolute atomic E-state index is 0.179. The van der Waals surface area contributed by atoms with E-state index < -0.39 is 6.10 Å². The van der Waals surface area contributed by atoms with E-state index in [1.54, 1.807) is 16.8 Å². The average molecular weight is 484 g/mol. The van der Waals surface area contributed by atoms with Crippen LogP contribution in [0.2, 0.25) is 0 Å². The summed E-state index contributed by atoms with van der Waals surface area (Å²) in [6.07, 6.45) is 0.118. The van der Waals surface area contributed by atoms with Gasteiger partial charge in [-0.2, -0.15) is 5.10 Å². The normalized spacial score (nSPS) is 12.6. The fourth-order valence-electron chi connectivity index (χ4n) is 3.81. The molecule has 7 heteroatoms. The maximum Gasteiger partial charge on any atom is 0.227 e. The van der Waals surface area contributed by atoms with E-state index in [-0.39, 0.29) is 11.9 Å². The van der Waals surface area contributed by atoms with E-state index in [1.807, 2.05) is 30.3 Å². The number of aliphatic hydroxyl groups excluding tert-OH is 1. The molecule has 1 N–H and O–H groups in total. The number of rotatable bonds is 13. The van der Waals surface area contributed by atoms with E-state index >= 15 is 0 Å². The van der Waals surface area contributed by atoms with Crippen molar-refractivity contribution < 1.29 is 19.0 Å². The first-order valence-corrected chi connectivity index (χ1v) is 12.4. The van der Waals surface area contributed by atoms with Crippen molar-refractivity contribution >= 4 is 0 Å². The van der Waals surface area contributed by atoms with Crippen LogP contribution in [0.25, 0.3) is 5.69 Å². The lowest BCUT2D eigenvalue weighted by Gasteiger charge is -2.29. The number of aromatic nitrogens is 2. The van der Waals surface area contributed by atoms with Crippen LogP contribution in [-0.2, 0) is 17.7 Å². The molecule has 0 amide bonds. The number of aryl methyl sites for hydroxylation is 1. The third-order valence-electron chi connectivity index (χ3n) is 5.68. The topological polar surface area (TPSA) is 59.8 Å². The monoisotopic (exact) mass is 483 g/mol. The summed E-state index contributed by atoms with van der Waals surface area (Å²) in [5.41, 5.74) is 2.75. The Morgan fingerprint density at radius 3 is 2.29 bits per heavy atom. The van der Waals surface area contributed by atoms with Crippen LogP contribution in [0.1, 0.15) is 45.9 Å². The molecule has 1 aromatic heterocycles. The number of hydrogen-bond donors (Lipinski definition) is 1. The van der Waals surface area contributed by atoms with E-state index in [0.717, 1.165) is 23.4 Å². The van der Waals surface area contributed by atoms with E-state index in [0.29, 0.717) is 43.9 Å². The number of nitrogens with zero attached hydrogens (tertiary/aromatic N) is 3. The van der Waals surface area contributed by atoms with Crippen LogP contribution in [-0.4, -0.2) is 51.7 Å². The fraction of sp³-hybridized carbons (Fsp3) is 0.464. The van der Waals surface area contributed by atoms with Crippen LogP contribution in [0.3, 0.4) is 0 Å². The molecule has 1 heterocycles. The summed E-state index contributed by atoms with van der Waals surface area (Å²) in [4.78, 5) is 2.20. The summed E-state index contributed by atoms with van der Waals surface area (Å²) in [5, 5.41) is 15.5. The van der Waals surface area contributed by atoms with Crippen LogP contribution in [0.15, 0.2) is 54.6 Å². The maximum atomic E-state index is 13.5. The van der Waals surface area contributed by atoms with Gasteiger partial charge in [-0.1, -0.05) is 39.0 Å². The molecule has 190 valence electrons. The van der Waals surface area contributed by atoms with Crippen molar-refractivity contribution in [3.05, 3.63) is 71.7 Å². The Morgan fingerprint density at radius 1 is 1.00 bits per heavy atom. The molecule has 0 fully saturated rings. The number of halogens is 1. The van der Waals surface area contributed by atoms with Gasteiger partial charge in [0.1, 0.15) is 11.6 Å². The van der Waals surface area contributed by atoms with Crippen molar-refractivity contribution in [2.24, 2.45) is 5.92 Å². The summed E-state index contributed by atoms with van der Waals surface area (Å²) < 4.78 is 27.3. The van der Waals surface area contributed by atoms with Crippen molar-refractivity contribution in [2.75, 3.05) is 19.8 Å². The molecule has 6 nitrogen and oxygen atoms in total. The lowest BCUT2D eigenvalue weighted by Crippen LogP contribution is -2.39. The SMILES string of the molecule is CCc1nn(-c2ccccc2)c(Oc2ccc(F)cc2)c1CN(C[C@H](O)COCC(C)C)C(C)C. The molecule has 35 heavy (non-hydrogen) atoms. The van der Waals surface area contributed by atoms with Gasteiger partial charge in [0.2, 0.25) is 5.88 Å². The molecule has 1 atom stereocenters. The van der Waals surface area contributed by atoms with Crippen LogP contribution in [0.4, 0.5) is 4.39 Å². The highest BCUT2D eigenvalue weighted by atomic mass is 19.1. The van der Waals surface area contributed by atoms with Gasteiger partial charge in [-0.25, -0.2) is 9.07 Å². The standard InChI is InChI=1S/C28H38FN3O3/c1-6-27-26(17-31(21(4)5)16-24(33)19-34-18-20(2)3)28(35-25-14-12-22(29)13-15-25)32(30-27)23-10-8-7-9-11-23/h7-15,20-21,24,33H,6,16-19H2,1-5H3/t24-/m0/s1. The third-order valence-corrected chi connectivity index (χ3v) is 5.68. The molecule has 0 aliphatic rings. The van der Waals surface area contributed by atoms with Gasteiger partial charge in [-0.05, 0) is 62.6 Å². The molecule has 3 rings (SSSR count). The summed E-state index contributed by atoms with van der Waals surface area (Å²) in [6, 6.07) is 16.0. The molecule has 0 saturated carbocycles. The predicted molar refractivity (Wildman–Crippen MR) is 137 cm³/mol. The summed E-state index contributed by atoms with van der Waals surface area (Å²) in [7, 11) is 0. The Balaban J connectivity index is 1.93. The summed E-state index contributed by atoms with van der Waals surface area (Å²) >= 11 is 0. The second kappa shape index (κ2) is 12.8. The van der Waals surface area contributed by atoms with Crippen molar-refractivity contribution in [1.29, 1.82) is 0 Å². The molecule has 3 aromatic rings. The van der Waals surface area contributed by atoms with Crippen molar-refractivity contribution in [3.8, 4) is 17.3 Å². The van der Waals surface area contributed by atoms with Gasteiger partial charge in [0.05, 0.1) is 29.7 Å². The first-order valence-electron chi connectivity index (χ1n) is 12.4. The van der Waals surface area contributed by atoms with Crippen molar-refractivity contribution in [1.82, 2.24) is 14.7 Å². The average Bonchev–Trinajstić information content (AvgIpc) is 3.17. The Bertz CT molecular complexity index is 1040. The molecule has 0 bridgehead atoms. The van der Waals surface area contributed by atoms with E-state index in [2.05, 4.69) is 39.5 Å². The molecular weight excluding hydrogens is 445 g/mol. The van der Waals surface area contributed by atoms with Crippen molar-refractivity contribution in [3.63, 3.8) is 0 Å². The largest absolute Gasteiger partial charge is 0.439 e. The lowest BCUT2D eigenvalue weighted by molar-refractivity contribution is 0.00160. The highest BCUT2D eigenvalue weighted by molar-refractivity contribution is 5.43. The number of para-hydroxylation sites is 1. The Morgan fingerprint density at radius 2 is 1.69 bits per heavy atom. The van der Waals surface area contributed by atoms with E-state index in [9.17, 15) is 9.50 Å². The predicted octanol–water partition coefficient (Wildman–Crippen LogP) is 5.61. The van der Waals surface area contributed by atoms with Crippen LogP contribution in [0, 0.1) is 11.7 Å². The maximum absolute atomic E-state index is 13.5. The number of ether oxygens (including phenoxy) is 2. The number of aliphatic hydroxyl groups is 1. The highest BCUT2D eigenvalue weighted by Crippen LogP contribution is 2.32. The van der Waals surface area contributed by atoms with Crippen LogP contribution >= 0.6 is 0 Å². The molecule has 0 spiro atoms. The second-order valence-corrected chi connectivity index (χ2v) is 9.50. The minimum Gasteiger partial charge on any atom is -0.439 e. The van der Waals surface area contributed by atoms with Gasteiger partial charge in [0.15, 0.2) is 0 Å². The first-order chi connectivity index (χ1) is 16.8. The smallest absolute Gasteiger partial charge is 0.227 e. The molecule has 0 aliphatic carbocycles. The molecule has 0 saturated heterocycles. The van der Waals surface area contributed by atoms with Gasteiger partial charge in [0, 0.05) is 25.7 Å². The van der Waals surface area contributed by atoms with Gasteiger partial charge >= 0.3 is 0 Å². The summed E-state index contributed by atoms with van der Waals surface area (Å²) in [6.45, 7) is 12.4. The van der Waals surface area contributed by atoms with Gasteiger partial charge in [-0.15, -0.1) is 0 Å². The molecule has 0 aliphatic heterocycles. The molecule has 2 aromatic carbocycles. The number of hydrogen-bond acceptors (Lipinski definition) is 5. The second-order valence-electron chi connectivity index (χ2n) is 9.50. The minimum atomic E-state index is -0.605. The van der Waals surface area contributed by atoms with Gasteiger partial charge < -0.3 is 14.6 Å². The zero-order valence-corrected chi connectivity index (χ0v) is 21.4. The quantitative estimate of drug-likeness (QED) is 0.342. The van der Waals surface area contributed by atoms with Gasteiger partial charge in [0.25, 0.3) is 0 Å². The first kappa shape index (κ1) is 26.9.